The van der Waals surface area contributed by atoms with Crippen molar-refractivity contribution in [2.24, 2.45) is 5.92 Å². The maximum Gasteiger partial charge on any atom is 0.310 e. The van der Waals surface area contributed by atoms with Crippen LogP contribution in [0.2, 0.25) is 0 Å². The first-order valence-corrected chi connectivity index (χ1v) is 7.84. The normalized spacial score (nSPS) is 40.2. The quantitative estimate of drug-likeness (QED) is 0.722. The van der Waals surface area contributed by atoms with E-state index in [1.807, 2.05) is 0 Å². The van der Waals surface area contributed by atoms with Gasteiger partial charge in [0.2, 0.25) is 0 Å². The minimum absolute atomic E-state index is 0.0231. The smallest absolute Gasteiger partial charge is 0.310 e. The van der Waals surface area contributed by atoms with Crippen molar-refractivity contribution in [2.75, 3.05) is 18.6 Å². The van der Waals surface area contributed by atoms with Crippen molar-refractivity contribution in [3.05, 3.63) is 0 Å². The molecule has 1 N–H and O–H groups in total. The molecule has 0 saturated carbocycles. The molecular formula is C11H17NO2S2. The molecule has 0 aromatic carbocycles. The summed E-state index contributed by atoms with van der Waals surface area (Å²) in [6, 6.07) is 0.873. The Hall–Kier alpha value is 0.130. The molecule has 3 aliphatic heterocycles. The molecule has 3 aliphatic rings. The molecule has 2 bridgehead atoms. The zero-order chi connectivity index (χ0) is 11.2. The van der Waals surface area contributed by atoms with Crippen LogP contribution in [0.25, 0.3) is 0 Å². The molecule has 5 heteroatoms. The monoisotopic (exact) mass is 259 g/mol. The Labute approximate surface area is 104 Å². The predicted octanol–water partition coefficient (Wildman–Crippen LogP) is 1.48. The fourth-order valence-electron chi connectivity index (χ4n) is 3.21. The van der Waals surface area contributed by atoms with E-state index in [2.05, 4.69) is 28.8 Å². The molecule has 3 fully saturated rings. The van der Waals surface area contributed by atoms with Crippen molar-refractivity contribution < 1.29 is 9.53 Å². The third-order valence-electron chi connectivity index (χ3n) is 4.01. The fraction of sp³-hybridized carbons (Fsp3) is 0.909. The largest absolute Gasteiger partial charge is 0.469 e. The van der Waals surface area contributed by atoms with Gasteiger partial charge in [0, 0.05) is 23.6 Å². The van der Waals surface area contributed by atoms with Crippen LogP contribution < -0.4 is 5.32 Å². The van der Waals surface area contributed by atoms with Crippen LogP contribution in [0.15, 0.2) is 0 Å². The number of fused-ring (bicyclic) bond motifs is 3. The summed E-state index contributed by atoms with van der Waals surface area (Å²) in [7, 11) is 1.50. The highest BCUT2D eigenvalue weighted by molar-refractivity contribution is 8.21. The van der Waals surface area contributed by atoms with Crippen LogP contribution >= 0.6 is 23.5 Å². The van der Waals surface area contributed by atoms with E-state index in [0.717, 1.165) is 12.8 Å². The summed E-state index contributed by atoms with van der Waals surface area (Å²) in [4.78, 5) is 11.7. The number of piperidine rings is 1. The third-order valence-corrected chi connectivity index (χ3v) is 7.74. The number of carbonyl (C=O) groups excluding carboxylic acids is 1. The predicted molar refractivity (Wildman–Crippen MR) is 67.7 cm³/mol. The Balaban J connectivity index is 1.78. The molecule has 16 heavy (non-hydrogen) atoms. The minimum atomic E-state index is -0.0231. The van der Waals surface area contributed by atoms with E-state index in [1.54, 1.807) is 0 Å². The lowest BCUT2D eigenvalue weighted by atomic mass is 9.99. The van der Waals surface area contributed by atoms with E-state index in [-0.39, 0.29) is 11.9 Å². The molecule has 3 atom stereocenters. The summed E-state index contributed by atoms with van der Waals surface area (Å²) in [5.74, 6) is 2.59. The fourth-order valence-corrected chi connectivity index (χ4v) is 6.66. The van der Waals surface area contributed by atoms with Crippen LogP contribution in [0.4, 0.5) is 0 Å². The molecule has 0 aromatic heterocycles. The average molecular weight is 259 g/mol. The Morgan fingerprint density at radius 2 is 2.19 bits per heavy atom. The van der Waals surface area contributed by atoms with E-state index in [0.29, 0.717) is 16.2 Å². The molecule has 0 radical (unpaired) electrons. The zero-order valence-corrected chi connectivity index (χ0v) is 11.0. The molecule has 0 amide bonds. The Morgan fingerprint density at radius 3 is 2.88 bits per heavy atom. The SMILES string of the molecule is COC(=O)[C@H]1C[C@H]2N[C@@H]1CCC21SCCS1. The molecule has 3 heterocycles. The summed E-state index contributed by atoms with van der Waals surface area (Å²) in [5, 5.41) is 3.65. The molecule has 0 unspecified atom stereocenters. The van der Waals surface area contributed by atoms with Crippen molar-refractivity contribution in [3.8, 4) is 0 Å². The Bertz CT molecular complexity index is 304. The molecule has 3 rings (SSSR count). The van der Waals surface area contributed by atoms with E-state index < -0.39 is 0 Å². The van der Waals surface area contributed by atoms with Crippen LogP contribution in [0.3, 0.4) is 0 Å². The number of carbonyl (C=O) groups is 1. The van der Waals surface area contributed by atoms with E-state index in [9.17, 15) is 4.79 Å². The van der Waals surface area contributed by atoms with Crippen LogP contribution in [0.5, 0.6) is 0 Å². The van der Waals surface area contributed by atoms with Gasteiger partial charge >= 0.3 is 5.97 Å². The standard InChI is InChI=1S/C11H17NO2S2/c1-14-10(13)7-6-9-11(15-4-5-16-11)3-2-8(7)12-9/h7-9,12H,2-6H2,1H3/t7-,8+,9+/m0/s1. The zero-order valence-electron chi connectivity index (χ0n) is 9.40. The second kappa shape index (κ2) is 4.10. The van der Waals surface area contributed by atoms with Gasteiger partial charge in [-0.2, -0.15) is 0 Å². The van der Waals surface area contributed by atoms with Crippen LogP contribution in [-0.2, 0) is 9.53 Å². The molecular weight excluding hydrogens is 242 g/mol. The van der Waals surface area contributed by atoms with Gasteiger partial charge in [-0.25, -0.2) is 0 Å². The van der Waals surface area contributed by atoms with Crippen molar-refractivity contribution >= 4 is 29.5 Å². The lowest BCUT2D eigenvalue weighted by Crippen LogP contribution is -2.49. The molecule has 1 spiro atoms. The van der Waals surface area contributed by atoms with Gasteiger partial charge in [-0.05, 0) is 19.3 Å². The molecule has 0 aromatic rings. The first-order chi connectivity index (χ1) is 7.75. The summed E-state index contributed by atoms with van der Waals surface area (Å²) in [5.41, 5.74) is 0. The number of ether oxygens (including phenoxy) is 1. The molecule has 3 saturated heterocycles. The van der Waals surface area contributed by atoms with Gasteiger partial charge in [-0.3, -0.25) is 4.79 Å². The van der Waals surface area contributed by atoms with E-state index in [4.69, 9.17) is 4.74 Å². The highest BCUT2D eigenvalue weighted by atomic mass is 32.2. The molecule has 90 valence electrons. The van der Waals surface area contributed by atoms with Gasteiger partial charge in [0.25, 0.3) is 0 Å². The number of esters is 1. The average Bonchev–Trinajstić information content (AvgIpc) is 2.88. The van der Waals surface area contributed by atoms with Crippen LogP contribution in [0, 0.1) is 5.92 Å². The maximum absolute atomic E-state index is 11.7. The summed E-state index contributed by atoms with van der Waals surface area (Å²) in [6.07, 6.45) is 3.34. The Kier molecular flexibility index (Phi) is 2.88. The third kappa shape index (κ3) is 1.59. The summed E-state index contributed by atoms with van der Waals surface area (Å²) < 4.78 is 5.26. The highest BCUT2D eigenvalue weighted by Gasteiger charge is 2.54. The molecule has 3 nitrogen and oxygen atoms in total. The minimum Gasteiger partial charge on any atom is -0.469 e. The van der Waals surface area contributed by atoms with Crippen LogP contribution in [-0.4, -0.2) is 40.7 Å². The van der Waals surface area contributed by atoms with E-state index in [1.165, 1.54) is 25.0 Å². The first-order valence-electron chi connectivity index (χ1n) is 5.87. The maximum atomic E-state index is 11.7. The number of rotatable bonds is 1. The number of methoxy groups -OCH3 is 1. The highest BCUT2D eigenvalue weighted by Crippen LogP contribution is 2.55. The van der Waals surface area contributed by atoms with Gasteiger partial charge in [0.1, 0.15) is 0 Å². The van der Waals surface area contributed by atoms with Crippen molar-refractivity contribution in [2.45, 2.75) is 35.4 Å². The first kappa shape index (κ1) is 11.2. The van der Waals surface area contributed by atoms with Gasteiger partial charge in [0.05, 0.1) is 17.1 Å². The van der Waals surface area contributed by atoms with Gasteiger partial charge < -0.3 is 10.1 Å². The van der Waals surface area contributed by atoms with Crippen molar-refractivity contribution in [1.82, 2.24) is 5.32 Å². The summed E-state index contributed by atoms with van der Waals surface area (Å²) >= 11 is 4.19. The van der Waals surface area contributed by atoms with E-state index >= 15 is 0 Å². The van der Waals surface area contributed by atoms with Crippen molar-refractivity contribution in [1.29, 1.82) is 0 Å². The number of hydrogen-bond donors (Lipinski definition) is 1. The van der Waals surface area contributed by atoms with Crippen LogP contribution in [0.1, 0.15) is 19.3 Å². The molecule has 0 aliphatic carbocycles. The second-order valence-corrected chi connectivity index (χ2v) is 7.85. The van der Waals surface area contributed by atoms with Gasteiger partial charge in [-0.15, -0.1) is 23.5 Å². The number of hydrogen-bond acceptors (Lipinski definition) is 5. The topological polar surface area (TPSA) is 38.3 Å². The lowest BCUT2D eigenvalue weighted by Gasteiger charge is -2.38. The number of thioether (sulfide) groups is 2. The Morgan fingerprint density at radius 1 is 1.44 bits per heavy atom. The van der Waals surface area contributed by atoms with Gasteiger partial charge in [0.15, 0.2) is 0 Å². The van der Waals surface area contributed by atoms with Crippen molar-refractivity contribution in [3.63, 3.8) is 0 Å². The number of nitrogens with one attached hydrogen (secondary N) is 1. The van der Waals surface area contributed by atoms with Gasteiger partial charge in [-0.1, -0.05) is 0 Å². The lowest BCUT2D eigenvalue weighted by molar-refractivity contribution is -0.145. The summed E-state index contributed by atoms with van der Waals surface area (Å²) in [6.45, 7) is 0. The second-order valence-electron chi connectivity index (χ2n) is 4.74.